The summed E-state index contributed by atoms with van der Waals surface area (Å²) in [6, 6.07) is 1.31. The van der Waals surface area contributed by atoms with Gasteiger partial charge in [-0.25, -0.2) is 9.59 Å². The van der Waals surface area contributed by atoms with Crippen LogP contribution in [0.2, 0.25) is 0 Å². The molecule has 0 aliphatic heterocycles. The lowest BCUT2D eigenvalue weighted by Crippen LogP contribution is -2.25. The molecule has 0 saturated carbocycles. The molecule has 0 saturated heterocycles. The Labute approximate surface area is 169 Å². The van der Waals surface area contributed by atoms with Crippen molar-refractivity contribution < 1.29 is 28.8 Å². The number of ether oxygens (including phenoxy) is 2. The first kappa shape index (κ1) is 22.0. The predicted molar refractivity (Wildman–Crippen MR) is 103 cm³/mol. The van der Waals surface area contributed by atoms with Crippen LogP contribution in [0.15, 0.2) is 6.07 Å². The maximum atomic E-state index is 12.6. The second kappa shape index (κ2) is 8.82. The van der Waals surface area contributed by atoms with Gasteiger partial charge in [0.2, 0.25) is 5.91 Å². The summed E-state index contributed by atoms with van der Waals surface area (Å²) >= 11 is 0.907. The van der Waals surface area contributed by atoms with Gasteiger partial charge in [-0.05, 0) is 24.3 Å². The van der Waals surface area contributed by atoms with Crippen LogP contribution in [0.1, 0.15) is 38.2 Å². The number of hydrogen-bond acceptors (Lipinski definition) is 9. The molecule has 0 bridgehead atoms. The number of aromatic nitrogens is 2. The number of methoxy groups -OCH3 is 2. The zero-order valence-corrected chi connectivity index (χ0v) is 17.3. The number of nitro groups is 1. The normalized spacial score (nSPS) is 11.6. The fraction of sp³-hybridized carbons (Fsp3) is 0.412. The van der Waals surface area contributed by atoms with Gasteiger partial charge >= 0.3 is 17.8 Å². The van der Waals surface area contributed by atoms with Crippen molar-refractivity contribution in [2.24, 2.45) is 5.92 Å². The van der Waals surface area contributed by atoms with E-state index in [1.807, 2.05) is 0 Å². The smallest absolute Gasteiger partial charge is 0.390 e. The summed E-state index contributed by atoms with van der Waals surface area (Å²) in [7, 11) is 2.41. The molecule has 0 spiro atoms. The van der Waals surface area contributed by atoms with Crippen molar-refractivity contribution in [2.45, 2.75) is 27.3 Å². The van der Waals surface area contributed by atoms with E-state index >= 15 is 0 Å². The second-order valence-electron chi connectivity index (χ2n) is 6.22. The average Bonchev–Trinajstić information content (AvgIpc) is 3.20. The lowest BCUT2D eigenvalue weighted by Gasteiger charge is -2.11. The third kappa shape index (κ3) is 4.59. The zero-order chi connectivity index (χ0) is 21.9. The van der Waals surface area contributed by atoms with E-state index in [-0.39, 0.29) is 27.8 Å². The molecule has 156 valence electrons. The fourth-order valence-corrected chi connectivity index (χ4v) is 3.70. The maximum Gasteiger partial charge on any atom is 0.390 e. The van der Waals surface area contributed by atoms with Crippen LogP contribution in [-0.2, 0) is 20.8 Å². The SMILES string of the molecule is COC(=O)c1sc(NC(=O)C(C)Cn2nc([N+](=O)[O-])cc2C)c(C(=O)OC)c1C. The Hall–Kier alpha value is -3.28. The molecule has 0 aliphatic rings. The topological polar surface area (TPSA) is 143 Å². The monoisotopic (exact) mass is 424 g/mol. The van der Waals surface area contributed by atoms with Crippen LogP contribution in [0.4, 0.5) is 10.8 Å². The van der Waals surface area contributed by atoms with Crippen molar-refractivity contribution in [2.75, 3.05) is 19.5 Å². The number of anilines is 1. The molecular formula is C17H20N4O7S. The molecule has 1 unspecified atom stereocenters. The largest absolute Gasteiger partial charge is 0.465 e. The van der Waals surface area contributed by atoms with Crippen LogP contribution in [-0.4, -0.2) is 46.8 Å². The number of thiophene rings is 1. The molecule has 0 fully saturated rings. The molecule has 2 rings (SSSR count). The number of carbonyl (C=O) groups excluding carboxylic acids is 3. The molecular weight excluding hydrogens is 404 g/mol. The van der Waals surface area contributed by atoms with Gasteiger partial charge in [0.1, 0.15) is 9.88 Å². The summed E-state index contributed by atoms with van der Waals surface area (Å²) in [5, 5.41) is 17.5. The summed E-state index contributed by atoms with van der Waals surface area (Å²) in [5.74, 6) is -2.73. The predicted octanol–water partition coefficient (Wildman–Crippen LogP) is 2.32. The number of amides is 1. The van der Waals surface area contributed by atoms with E-state index in [0.29, 0.717) is 11.3 Å². The Kier molecular flexibility index (Phi) is 6.69. The first-order valence-electron chi connectivity index (χ1n) is 8.40. The van der Waals surface area contributed by atoms with Gasteiger partial charge in [0.05, 0.1) is 49.1 Å². The lowest BCUT2D eigenvalue weighted by molar-refractivity contribution is -0.389. The number of nitrogens with one attached hydrogen (secondary N) is 1. The fourth-order valence-electron chi connectivity index (χ4n) is 2.58. The Morgan fingerprint density at radius 3 is 2.41 bits per heavy atom. The molecule has 0 radical (unpaired) electrons. The van der Waals surface area contributed by atoms with E-state index < -0.39 is 28.7 Å². The molecule has 0 aromatic carbocycles. The highest BCUT2D eigenvalue weighted by Crippen LogP contribution is 2.34. The van der Waals surface area contributed by atoms with Gasteiger partial charge < -0.3 is 24.9 Å². The van der Waals surface area contributed by atoms with E-state index in [9.17, 15) is 24.5 Å². The minimum Gasteiger partial charge on any atom is -0.465 e. The van der Waals surface area contributed by atoms with Gasteiger partial charge in [0.25, 0.3) is 0 Å². The van der Waals surface area contributed by atoms with Crippen molar-refractivity contribution in [1.29, 1.82) is 0 Å². The number of esters is 2. The molecule has 2 heterocycles. The van der Waals surface area contributed by atoms with Crippen LogP contribution < -0.4 is 5.32 Å². The van der Waals surface area contributed by atoms with Crippen molar-refractivity contribution in [3.8, 4) is 0 Å². The summed E-state index contributed by atoms with van der Waals surface area (Å²) in [6.45, 7) is 4.90. The first-order valence-corrected chi connectivity index (χ1v) is 9.22. The summed E-state index contributed by atoms with van der Waals surface area (Å²) in [4.78, 5) is 47.1. The number of aryl methyl sites for hydroxylation is 1. The van der Waals surface area contributed by atoms with E-state index in [4.69, 9.17) is 9.47 Å². The average molecular weight is 424 g/mol. The molecule has 11 nitrogen and oxygen atoms in total. The van der Waals surface area contributed by atoms with Gasteiger partial charge in [0.15, 0.2) is 0 Å². The minimum absolute atomic E-state index is 0.0735. The first-order chi connectivity index (χ1) is 13.6. The Bertz CT molecular complexity index is 979. The van der Waals surface area contributed by atoms with Crippen molar-refractivity contribution in [1.82, 2.24) is 9.78 Å². The van der Waals surface area contributed by atoms with Gasteiger partial charge in [-0.1, -0.05) is 6.92 Å². The van der Waals surface area contributed by atoms with Crippen LogP contribution in [0.3, 0.4) is 0 Å². The summed E-state index contributed by atoms with van der Waals surface area (Å²) in [5.41, 5.74) is 0.950. The summed E-state index contributed by atoms with van der Waals surface area (Å²) in [6.07, 6.45) is 0. The third-order valence-corrected chi connectivity index (χ3v) is 5.38. The molecule has 2 aromatic rings. The Balaban J connectivity index is 2.26. The molecule has 0 aliphatic carbocycles. The van der Waals surface area contributed by atoms with Crippen LogP contribution in [0, 0.1) is 29.9 Å². The highest BCUT2D eigenvalue weighted by atomic mass is 32.1. The highest BCUT2D eigenvalue weighted by Gasteiger charge is 2.28. The maximum absolute atomic E-state index is 12.6. The lowest BCUT2D eigenvalue weighted by atomic mass is 10.1. The number of hydrogen-bond donors (Lipinski definition) is 1. The van der Waals surface area contributed by atoms with Gasteiger partial charge in [-0.15, -0.1) is 11.3 Å². The number of rotatable bonds is 7. The Morgan fingerprint density at radius 2 is 1.90 bits per heavy atom. The van der Waals surface area contributed by atoms with E-state index in [1.54, 1.807) is 20.8 Å². The van der Waals surface area contributed by atoms with Crippen molar-refractivity contribution in [3.63, 3.8) is 0 Å². The molecule has 2 aromatic heterocycles. The highest BCUT2D eigenvalue weighted by molar-refractivity contribution is 7.18. The van der Waals surface area contributed by atoms with Crippen LogP contribution >= 0.6 is 11.3 Å². The zero-order valence-electron chi connectivity index (χ0n) is 16.5. The molecule has 1 atom stereocenters. The van der Waals surface area contributed by atoms with Gasteiger partial charge in [-0.2, -0.15) is 4.68 Å². The summed E-state index contributed by atoms with van der Waals surface area (Å²) < 4.78 is 10.8. The van der Waals surface area contributed by atoms with E-state index in [1.165, 1.54) is 25.0 Å². The Morgan fingerprint density at radius 1 is 1.28 bits per heavy atom. The number of carbonyl (C=O) groups is 3. The quantitative estimate of drug-likeness (QED) is 0.405. The third-order valence-electron chi connectivity index (χ3n) is 4.19. The van der Waals surface area contributed by atoms with E-state index in [2.05, 4.69) is 10.4 Å². The van der Waals surface area contributed by atoms with Crippen LogP contribution in [0.25, 0.3) is 0 Å². The van der Waals surface area contributed by atoms with Crippen molar-refractivity contribution in [3.05, 3.63) is 37.9 Å². The second-order valence-corrected chi connectivity index (χ2v) is 7.24. The molecule has 12 heteroatoms. The molecule has 29 heavy (non-hydrogen) atoms. The standard InChI is InChI=1S/C17H20N4O7S/c1-8(7-20-9(2)6-11(19-20)21(25)26)14(22)18-15-12(16(23)27-4)10(3)13(29-15)17(24)28-5/h6,8H,7H2,1-5H3,(H,18,22). The van der Waals surface area contributed by atoms with Crippen LogP contribution in [0.5, 0.6) is 0 Å². The van der Waals surface area contributed by atoms with E-state index in [0.717, 1.165) is 11.3 Å². The minimum atomic E-state index is -0.699. The molecule has 1 amide bonds. The number of nitrogens with zero attached hydrogens (tertiary/aromatic N) is 3. The van der Waals surface area contributed by atoms with Gasteiger partial charge in [0, 0.05) is 0 Å². The molecule has 1 N–H and O–H groups in total. The van der Waals surface area contributed by atoms with Gasteiger partial charge in [-0.3, -0.25) is 4.79 Å². The van der Waals surface area contributed by atoms with Crippen molar-refractivity contribution >= 4 is 40.0 Å².